The molecule has 0 amide bonds. The highest BCUT2D eigenvalue weighted by molar-refractivity contribution is 5.64. The molecule has 120 valence electrons. The van der Waals surface area contributed by atoms with Gasteiger partial charge in [0, 0.05) is 17.8 Å². The van der Waals surface area contributed by atoms with Crippen LogP contribution in [0.3, 0.4) is 0 Å². The fraction of sp³-hybridized carbons (Fsp3) is 0.250. The smallest absolute Gasteiger partial charge is 0.125 e. The van der Waals surface area contributed by atoms with Gasteiger partial charge in [-0.25, -0.2) is 4.68 Å². The second kappa shape index (κ2) is 6.97. The standard InChI is InChI=1S/C16H19N5O2/c1-23-14-4-2-3-12(9-14)15-10-16(21(20-15)7-8-22)17-11-13-5-6-18-19-13/h2-6,9-10,17,22H,7-8,11H2,1H3,(H,18,19). The minimum atomic E-state index is 0.0258. The van der Waals surface area contributed by atoms with E-state index in [0.29, 0.717) is 13.1 Å². The molecule has 0 unspecified atom stereocenters. The molecule has 0 aliphatic rings. The van der Waals surface area contributed by atoms with Gasteiger partial charge >= 0.3 is 0 Å². The van der Waals surface area contributed by atoms with Gasteiger partial charge in [0.2, 0.25) is 0 Å². The molecule has 2 heterocycles. The third-order valence-corrected chi connectivity index (χ3v) is 3.48. The summed E-state index contributed by atoms with van der Waals surface area (Å²) in [6.07, 6.45) is 1.71. The maximum absolute atomic E-state index is 9.23. The number of aliphatic hydroxyl groups is 1. The maximum atomic E-state index is 9.23. The van der Waals surface area contributed by atoms with Gasteiger partial charge in [-0.15, -0.1) is 0 Å². The zero-order valence-electron chi connectivity index (χ0n) is 12.9. The number of rotatable bonds is 7. The number of benzene rings is 1. The van der Waals surface area contributed by atoms with Crippen LogP contribution in [0.25, 0.3) is 11.3 Å². The van der Waals surface area contributed by atoms with Crippen molar-refractivity contribution < 1.29 is 9.84 Å². The van der Waals surface area contributed by atoms with Crippen LogP contribution in [0.5, 0.6) is 5.75 Å². The summed E-state index contributed by atoms with van der Waals surface area (Å²) in [6, 6.07) is 11.6. The lowest BCUT2D eigenvalue weighted by Crippen LogP contribution is -2.10. The third-order valence-electron chi connectivity index (χ3n) is 3.48. The van der Waals surface area contributed by atoms with Crippen molar-refractivity contribution in [1.29, 1.82) is 0 Å². The van der Waals surface area contributed by atoms with Crippen LogP contribution < -0.4 is 10.1 Å². The molecule has 1 aromatic carbocycles. The number of anilines is 1. The van der Waals surface area contributed by atoms with Crippen LogP contribution in [-0.4, -0.2) is 38.8 Å². The van der Waals surface area contributed by atoms with Crippen molar-refractivity contribution in [2.45, 2.75) is 13.1 Å². The number of nitrogens with zero attached hydrogens (tertiary/aromatic N) is 3. The largest absolute Gasteiger partial charge is 0.497 e. The van der Waals surface area contributed by atoms with E-state index >= 15 is 0 Å². The Kier molecular flexibility index (Phi) is 4.58. The van der Waals surface area contributed by atoms with Crippen LogP contribution >= 0.6 is 0 Å². The first-order valence-corrected chi connectivity index (χ1v) is 7.35. The lowest BCUT2D eigenvalue weighted by molar-refractivity contribution is 0.270. The summed E-state index contributed by atoms with van der Waals surface area (Å²) in [6.45, 7) is 1.06. The Morgan fingerprint density at radius 3 is 2.96 bits per heavy atom. The molecule has 0 saturated heterocycles. The number of hydrogen-bond acceptors (Lipinski definition) is 5. The van der Waals surface area contributed by atoms with E-state index in [-0.39, 0.29) is 6.61 Å². The van der Waals surface area contributed by atoms with E-state index in [4.69, 9.17) is 4.74 Å². The number of hydrogen-bond donors (Lipinski definition) is 3. The maximum Gasteiger partial charge on any atom is 0.125 e. The monoisotopic (exact) mass is 313 g/mol. The topological polar surface area (TPSA) is 88.0 Å². The highest BCUT2D eigenvalue weighted by Gasteiger charge is 2.10. The van der Waals surface area contributed by atoms with E-state index in [9.17, 15) is 5.11 Å². The molecule has 0 aliphatic carbocycles. The number of aromatic amines is 1. The molecule has 0 atom stereocenters. The molecule has 3 rings (SSSR count). The van der Waals surface area contributed by atoms with Crippen LogP contribution in [0.15, 0.2) is 42.6 Å². The van der Waals surface area contributed by atoms with E-state index in [0.717, 1.165) is 28.5 Å². The predicted molar refractivity (Wildman–Crippen MR) is 87.2 cm³/mol. The SMILES string of the molecule is COc1cccc(-c2cc(NCc3ccn[nH]3)n(CCO)n2)c1. The molecule has 2 aromatic heterocycles. The molecule has 0 spiro atoms. The molecule has 0 aliphatic heterocycles. The number of aromatic nitrogens is 4. The van der Waals surface area contributed by atoms with Gasteiger partial charge in [-0.3, -0.25) is 5.10 Å². The van der Waals surface area contributed by atoms with Gasteiger partial charge < -0.3 is 15.2 Å². The van der Waals surface area contributed by atoms with E-state index < -0.39 is 0 Å². The van der Waals surface area contributed by atoms with Gasteiger partial charge in [-0.2, -0.15) is 10.2 Å². The summed E-state index contributed by atoms with van der Waals surface area (Å²) in [5.74, 6) is 1.62. The van der Waals surface area contributed by atoms with Crippen molar-refractivity contribution in [3.63, 3.8) is 0 Å². The first-order valence-electron chi connectivity index (χ1n) is 7.35. The van der Waals surface area contributed by atoms with Crippen molar-refractivity contribution in [2.75, 3.05) is 19.0 Å². The Labute approximate surface area is 133 Å². The number of H-pyrrole nitrogens is 1. The molecule has 0 radical (unpaired) electrons. The average Bonchev–Trinajstić information content (AvgIpc) is 3.23. The highest BCUT2D eigenvalue weighted by Crippen LogP contribution is 2.25. The Balaban J connectivity index is 1.85. The van der Waals surface area contributed by atoms with Gasteiger partial charge in [0.15, 0.2) is 0 Å². The minimum Gasteiger partial charge on any atom is -0.497 e. The first-order chi connectivity index (χ1) is 11.3. The van der Waals surface area contributed by atoms with Crippen molar-refractivity contribution in [1.82, 2.24) is 20.0 Å². The predicted octanol–water partition coefficient (Wildman–Crippen LogP) is 1.89. The van der Waals surface area contributed by atoms with E-state index in [1.165, 1.54) is 0 Å². The van der Waals surface area contributed by atoms with Gasteiger partial charge in [-0.1, -0.05) is 12.1 Å². The minimum absolute atomic E-state index is 0.0258. The molecule has 3 N–H and O–H groups in total. The molecule has 0 saturated carbocycles. The summed E-state index contributed by atoms with van der Waals surface area (Å²) < 4.78 is 7.01. The molecule has 0 bridgehead atoms. The normalized spacial score (nSPS) is 10.7. The zero-order valence-corrected chi connectivity index (χ0v) is 12.9. The Morgan fingerprint density at radius 2 is 2.22 bits per heavy atom. The van der Waals surface area contributed by atoms with Crippen molar-refractivity contribution in [2.24, 2.45) is 0 Å². The van der Waals surface area contributed by atoms with Crippen LogP contribution in [0, 0.1) is 0 Å². The zero-order chi connectivity index (χ0) is 16.1. The van der Waals surface area contributed by atoms with E-state index in [1.807, 2.05) is 36.4 Å². The number of ether oxygens (including phenoxy) is 1. The highest BCUT2D eigenvalue weighted by atomic mass is 16.5. The number of nitrogens with one attached hydrogen (secondary N) is 2. The number of methoxy groups -OCH3 is 1. The second-order valence-corrected chi connectivity index (χ2v) is 5.03. The van der Waals surface area contributed by atoms with Crippen LogP contribution in [-0.2, 0) is 13.1 Å². The lowest BCUT2D eigenvalue weighted by atomic mass is 10.1. The first kappa shape index (κ1) is 15.1. The third kappa shape index (κ3) is 3.51. The van der Waals surface area contributed by atoms with Gasteiger partial charge in [0.1, 0.15) is 11.6 Å². The van der Waals surface area contributed by atoms with Crippen molar-refractivity contribution in [3.05, 3.63) is 48.3 Å². The molecular weight excluding hydrogens is 294 g/mol. The van der Waals surface area contributed by atoms with Gasteiger partial charge in [0.25, 0.3) is 0 Å². The van der Waals surface area contributed by atoms with Crippen LogP contribution in [0.2, 0.25) is 0 Å². The Morgan fingerprint density at radius 1 is 1.30 bits per heavy atom. The Hall–Kier alpha value is -2.80. The van der Waals surface area contributed by atoms with E-state index in [1.54, 1.807) is 18.0 Å². The molecule has 0 fully saturated rings. The van der Waals surface area contributed by atoms with Gasteiger partial charge in [-0.05, 0) is 18.2 Å². The van der Waals surface area contributed by atoms with Crippen molar-refractivity contribution in [3.8, 4) is 17.0 Å². The summed E-state index contributed by atoms with van der Waals surface area (Å²) in [5.41, 5.74) is 2.76. The van der Waals surface area contributed by atoms with Crippen molar-refractivity contribution >= 4 is 5.82 Å². The fourth-order valence-corrected chi connectivity index (χ4v) is 2.32. The molecule has 7 nitrogen and oxygen atoms in total. The summed E-state index contributed by atoms with van der Waals surface area (Å²) in [5, 5.41) is 23.9. The lowest BCUT2D eigenvalue weighted by Gasteiger charge is -2.07. The molecule has 23 heavy (non-hydrogen) atoms. The second-order valence-electron chi connectivity index (χ2n) is 5.03. The average molecular weight is 313 g/mol. The molecule has 3 aromatic rings. The van der Waals surface area contributed by atoms with Crippen LogP contribution in [0.1, 0.15) is 5.69 Å². The molecular formula is C16H19N5O2. The summed E-state index contributed by atoms with van der Waals surface area (Å²) in [4.78, 5) is 0. The molecule has 7 heteroatoms. The van der Waals surface area contributed by atoms with E-state index in [2.05, 4.69) is 20.6 Å². The summed E-state index contributed by atoms with van der Waals surface area (Å²) in [7, 11) is 1.64. The fourth-order valence-electron chi connectivity index (χ4n) is 2.32. The Bertz CT molecular complexity index is 752. The number of aliphatic hydroxyl groups excluding tert-OH is 1. The van der Waals surface area contributed by atoms with Gasteiger partial charge in [0.05, 0.1) is 38.2 Å². The quantitative estimate of drug-likeness (QED) is 0.620. The van der Waals surface area contributed by atoms with Crippen LogP contribution in [0.4, 0.5) is 5.82 Å². The summed E-state index contributed by atoms with van der Waals surface area (Å²) >= 11 is 0.